The third-order valence-corrected chi connectivity index (χ3v) is 6.54. The maximum absolute atomic E-state index is 8.97. The van der Waals surface area contributed by atoms with Crippen LogP contribution in [0.4, 0.5) is 23.3 Å². The third kappa shape index (κ3) is 6.09. The SMILES string of the molecule is CC(C)(C)Cc1cn2ccc(Nc3ncc(Cl)c(NC4CCN(c5ccc(C#N)cn5)CC4)n3)cc2n1. The van der Waals surface area contributed by atoms with Gasteiger partial charge in [0.1, 0.15) is 22.6 Å². The van der Waals surface area contributed by atoms with Gasteiger partial charge in [0, 0.05) is 49.5 Å². The zero-order valence-electron chi connectivity index (χ0n) is 21.2. The number of fused-ring (bicyclic) bond motifs is 1. The number of piperidine rings is 1. The van der Waals surface area contributed by atoms with Gasteiger partial charge in [-0.15, -0.1) is 0 Å². The largest absolute Gasteiger partial charge is 0.366 e. The average molecular weight is 516 g/mol. The number of halogens is 1. The third-order valence-electron chi connectivity index (χ3n) is 6.26. The number of nitriles is 1. The van der Waals surface area contributed by atoms with Gasteiger partial charge in [-0.25, -0.2) is 15.0 Å². The highest BCUT2D eigenvalue weighted by molar-refractivity contribution is 6.32. The van der Waals surface area contributed by atoms with Gasteiger partial charge in [0.15, 0.2) is 5.82 Å². The van der Waals surface area contributed by atoms with E-state index in [9.17, 15) is 0 Å². The molecule has 0 spiro atoms. The fourth-order valence-electron chi connectivity index (χ4n) is 4.48. The zero-order valence-corrected chi connectivity index (χ0v) is 22.0. The second kappa shape index (κ2) is 10.2. The molecule has 0 bridgehead atoms. The van der Waals surface area contributed by atoms with E-state index in [-0.39, 0.29) is 11.5 Å². The van der Waals surface area contributed by atoms with E-state index in [2.05, 4.69) is 63.5 Å². The van der Waals surface area contributed by atoms with E-state index >= 15 is 0 Å². The fraction of sp³-hybridized carbons (Fsp3) is 0.370. The molecule has 9 nitrogen and oxygen atoms in total. The average Bonchev–Trinajstić information content (AvgIpc) is 3.26. The molecule has 1 fully saturated rings. The van der Waals surface area contributed by atoms with Crippen LogP contribution in [0.15, 0.2) is 49.1 Å². The van der Waals surface area contributed by atoms with Crippen molar-refractivity contribution in [3.05, 3.63) is 65.3 Å². The monoisotopic (exact) mass is 515 g/mol. The molecular formula is C27H30ClN9. The first-order valence-electron chi connectivity index (χ1n) is 12.4. The number of rotatable bonds is 6. The molecule has 0 aliphatic carbocycles. The summed E-state index contributed by atoms with van der Waals surface area (Å²) in [6.07, 6.45) is 10.0. The van der Waals surface area contributed by atoms with Gasteiger partial charge in [-0.2, -0.15) is 10.2 Å². The minimum Gasteiger partial charge on any atom is -0.366 e. The molecule has 5 rings (SSSR count). The molecule has 0 atom stereocenters. The number of anilines is 4. The van der Waals surface area contributed by atoms with Crippen molar-refractivity contribution < 1.29 is 0 Å². The molecule has 2 N–H and O–H groups in total. The Labute approximate surface area is 221 Å². The molecule has 5 heterocycles. The second-order valence-corrected chi connectivity index (χ2v) is 11.0. The summed E-state index contributed by atoms with van der Waals surface area (Å²) in [5, 5.41) is 16.2. The summed E-state index contributed by atoms with van der Waals surface area (Å²) >= 11 is 6.43. The van der Waals surface area contributed by atoms with Gasteiger partial charge in [-0.3, -0.25) is 0 Å². The number of aromatic nitrogens is 5. The van der Waals surface area contributed by atoms with Crippen molar-refractivity contribution in [1.29, 1.82) is 5.26 Å². The molecule has 0 aromatic carbocycles. The Kier molecular flexibility index (Phi) is 6.85. The van der Waals surface area contributed by atoms with Gasteiger partial charge in [-0.05, 0) is 42.9 Å². The van der Waals surface area contributed by atoms with Gasteiger partial charge in [0.25, 0.3) is 0 Å². The predicted octanol–water partition coefficient (Wildman–Crippen LogP) is 5.46. The van der Waals surface area contributed by atoms with Crippen LogP contribution in [-0.4, -0.2) is 43.5 Å². The summed E-state index contributed by atoms with van der Waals surface area (Å²) in [6.45, 7) is 8.34. The molecule has 1 aliphatic rings. The number of pyridine rings is 2. The first-order chi connectivity index (χ1) is 17.8. The molecule has 0 amide bonds. The number of hydrogen-bond donors (Lipinski definition) is 2. The van der Waals surface area contributed by atoms with Gasteiger partial charge in [0.05, 0.1) is 17.5 Å². The summed E-state index contributed by atoms with van der Waals surface area (Å²) in [4.78, 5) is 20.4. The molecule has 10 heteroatoms. The maximum atomic E-state index is 8.97. The lowest BCUT2D eigenvalue weighted by Crippen LogP contribution is -2.39. The van der Waals surface area contributed by atoms with Crippen molar-refractivity contribution in [2.45, 2.75) is 46.1 Å². The predicted molar refractivity (Wildman–Crippen MR) is 146 cm³/mol. The highest BCUT2D eigenvalue weighted by atomic mass is 35.5. The highest BCUT2D eigenvalue weighted by Gasteiger charge is 2.21. The van der Waals surface area contributed by atoms with E-state index in [1.807, 2.05) is 28.8 Å². The van der Waals surface area contributed by atoms with E-state index in [4.69, 9.17) is 21.8 Å². The Morgan fingerprint density at radius 3 is 2.62 bits per heavy atom. The van der Waals surface area contributed by atoms with Gasteiger partial charge >= 0.3 is 0 Å². The minimum atomic E-state index is 0.177. The van der Waals surface area contributed by atoms with E-state index in [0.717, 1.165) is 55.2 Å². The number of nitrogens with one attached hydrogen (secondary N) is 2. The smallest absolute Gasteiger partial charge is 0.229 e. The van der Waals surface area contributed by atoms with Crippen LogP contribution in [0.1, 0.15) is 44.9 Å². The Hall–Kier alpha value is -3.90. The summed E-state index contributed by atoms with van der Waals surface area (Å²) in [5.41, 5.74) is 3.55. The summed E-state index contributed by atoms with van der Waals surface area (Å²) in [7, 11) is 0. The molecule has 0 radical (unpaired) electrons. The first-order valence-corrected chi connectivity index (χ1v) is 12.8. The first kappa shape index (κ1) is 24.8. The molecule has 37 heavy (non-hydrogen) atoms. The maximum Gasteiger partial charge on any atom is 0.229 e. The van der Waals surface area contributed by atoms with Gasteiger partial charge in [-0.1, -0.05) is 32.4 Å². The Bertz CT molecular complexity index is 1430. The molecular weight excluding hydrogens is 486 g/mol. The zero-order chi connectivity index (χ0) is 26.0. The van der Waals surface area contributed by atoms with Crippen LogP contribution < -0.4 is 15.5 Å². The minimum absolute atomic E-state index is 0.177. The van der Waals surface area contributed by atoms with E-state index in [1.54, 1.807) is 18.5 Å². The van der Waals surface area contributed by atoms with Crippen LogP contribution in [0.25, 0.3) is 5.65 Å². The lowest BCUT2D eigenvalue weighted by Gasteiger charge is -2.33. The molecule has 4 aromatic rings. The van der Waals surface area contributed by atoms with Crippen molar-refractivity contribution >= 4 is 40.5 Å². The molecule has 1 aliphatic heterocycles. The van der Waals surface area contributed by atoms with Crippen LogP contribution in [0.2, 0.25) is 5.02 Å². The van der Waals surface area contributed by atoms with Crippen molar-refractivity contribution in [1.82, 2.24) is 24.3 Å². The molecule has 1 saturated heterocycles. The number of hydrogen-bond acceptors (Lipinski definition) is 8. The summed E-state index contributed by atoms with van der Waals surface area (Å²) < 4.78 is 2.03. The van der Waals surface area contributed by atoms with E-state index in [1.165, 1.54) is 0 Å². The molecule has 190 valence electrons. The standard InChI is InChI=1S/C27H30ClN9/c1-27(2,3)13-21-17-37-11-8-20(12-24(37)32-21)34-26-31-16-22(28)25(35-26)33-19-6-9-36(10-7-19)23-5-4-18(14-29)15-30-23/h4-5,8,11-12,15-17,19H,6-7,9-10,13H2,1-3H3,(H2,31,33,34,35). The second-order valence-electron chi connectivity index (χ2n) is 10.6. The molecule has 0 saturated carbocycles. The van der Waals surface area contributed by atoms with E-state index in [0.29, 0.717) is 22.4 Å². The molecule has 0 unspecified atom stereocenters. The Morgan fingerprint density at radius 1 is 1.11 bits per heavy atom. The lowest BCUT2D eigenvalue weighted by atomic mass is 9.91. The fourth-order valence-corrected chi connectivity index (χ4v) is 4.63. The molecule has 4 aromatic heterocycles. The lowest BCUT2D eigenvalue weighted by molar-refractivity contribution is 0.407. The summed E-state index contributed by atoms with van der Waals surface area (Å²) in [5.74, 6) is 1.98. The van der Waals surface area contributed by atoms with Crippen molar-refractivity contribution in [3.63, 3.8) is 0 Å². The van der Waals surface area contributed by atoms with Crippen LogP contribution >= 0.6 is 11.6 Å². The number of nitrogens with zero attached hydrogens (tertiary/aromatic N) is 7. The van der Waals surface area contributed by atoms with Crippen LogP contribution in [-0.2, 0) is 6.42 Å². The van der Waals surface area contributed by atoms with Gasteiger partial charge in [0.2, 0.25) is 5.95 Å². The van der Waals surface area contributed by atoms with Crippen LogP contribution in [0.5, 0.6) is 0 Å². The summed E-state index contributed by atoms with van der Waals surface area (Å²) in [6, 6.07) is 10.0. The normalized spacial score (nSPS) is 14.5. The van der Waals surface area contributed by atoms with Crippen molar-refractivity contribution in [2.75, 3.05) is 28.6 Å². The van der Waals surface area contributed by atoms with Crippen LogP contribution in [0.3, 0.4) is 0 Å². The quantitative estimate of drug-likeness (QED) is 0.348. The Morgan fingerprint density at radius 2 is 1.92 bits per heavy atom. The van der Waals surface area contributed by atoms with Crippen molar-refractivity contribution in [3.8, 4) is 6.07 Å². The van der Waals surface area contributed by atoms with Gasteiger partial charge < -0.3 is 19.9 Å². The topological polar surface area (TPSA) is 107 Å². The highest BCUT2D eigenvalue weighted by Crippen LogP contribution is 2.26. The Balaban J connectivity index is 1.22. The van der Waals surface area contributed by atoms with Crippen molar-refractivity contribution in [2.24, 2.45) is 5.41 Å². The number of imidazole rings is 1. The van der Waals surface area contributed by atoms with Crippen LogP contribution in [0, 0.1) is 16.7 Å². The van der Waals surface area contributed by atoms with E-state index < -0.39 is 0 Å².